The average molecular weight is 387 g/mol. The lowest BCUT2D eigenvalue weighted by molar-refractivity contribution is -0.131. The van der Waals surface area contributed by atoms with Gasteiger partial charge in [-0.2, -0.15) is 0 Å². The Kier molecular flexibility index (Phi) is 4.90. The Bertz CT molecular complexity index is 899. The highest BCUT2D eigenvalue weighted by molar-refractivity contribution is 6.31. The van der Waals surface area contributed by atoms with Gasteiger partial charge in [-0.3, -0.25) is 4.79 Å². The first kappa shape index (κ1) is 17.7. The predicted molar refractivity (Wildman–Crippen MR) is 101 cm³/mol. The third-order valence-electron chi connectivity index (χ3n) is 4.60. The first-order chi connectivity index (χ1) is 13.1. The molecule has 6 nitrogen and oxygen atoms in total. The maximum absolute atomic E-state index is 12.5. The van der Waals surface area contributed by atoms with Crippen LogP contribution >= 0.6 is 11.6 Å². The molecular weight excluding hydrogens is 368 g/mol. The topological polar surface area (TPSA) is 69.2 Å². The van der Waals surface area contributed by atoms with Gasteiger partial charge in [0.2, 0.25) is 12.9 Å². The molecule has 0 unspecified atom stereocenters. The molecule has 0 fully saturated rings. The van der Waals surface area contributed by atoms with Crippen LogP contribution in [0, 0.1) is 0 Å². The van der Waals surface area contributed by atoms with Crippen molar-refractivity contribution in [2.45, 2.75) is 31.9 Å². The Balaban J connectivity index is 1.33. The molecule has 0 bridgehead atoms. The minimum atomic E-state index is -0.626. The number of carbonyl (C=O) groups is 1. The van der Waals surface area contributed by atoms with Crippen molar-refractivity contribution in [1.29, 1.82) is 0 Å². The van der Waals surface area contributed by atoms with E-state index < -0.39 is 6.10 Å². The number of rotatable bonds is 5. The zero-order valence-electron chi connectivity index (χ0n) is 14.8. The number of nitrogens with zero attached hydrogens (tertiary/aromatic N) is 1. The maximum atomic E-state index is 12.5. The molecule has 2 aliphatic heterocycles. The highest BCUT2D eigenvalue weighted by Crippen LogP contribution is 2.33. The van der Waals surface area contributed by atoms with E-state index in [0.717, 1.165) is 28.3 Å². The number of halogens is 1. The monoisotopic (exact) mass is 386 g/mol. The summed E-state index contributed by atoms with van der Waals surface area (Å²) in [6.07, 6.45) is 0.426. The van der Waals surface area contributed by atoms with Crippen molar-refractivity contribution < 1.29 is 19.1 Å². The molecule has 0 spiro atoms. The fourth-order valence-corrected chi connectivity index (χ4v) is 3.47. The van der Waals surface area contributed by atoms with Gasteiger partial charge in [0.1, 0.15) is 0 Å². The largest absolute Gasteiger partial charge is 0.454 e. The van der Waals surface area contributed by atoms with Crippen LogP contribution in [0.4, 0.5) is 0 Å². The quantitative estimate of drug-likeness (QED) is 0.851. The molecule has 2 aliphatic rings. The van der Waals surface area contributed by atoms with Gasteiger partial charge in [-0.05, 0) is 36.2 Å². The second-order valence-electron chi connectivity index (χ2n) is 6.57. The predicted octanol–water partition coefficient (Wildman–Crippen LogP) is 3.63. The molecule has 0 saturated heterocycles. The maximum Gasteiger partial charge on any atom is 0.264 e. The van der Waals surface area contributed by atoms with Crippen LogP contribution < -0.4 is 14.8 Å². The minimum Gasteiger partial charge on any atom is -0.454 e. The zero-order valence-corrected chi connectivity index (χ0v) is 15.5. The Morgan fingerprint density at radius 2 is 2.07 bits per heavy atom. The molecular formula is C20H19ClN2O4. The molecule has 4 rings (SSSR count). The lowest BCUT2D eigenvalue weighted by atomic mass is 10.0. The first-order valence-corrected chi connectivity index (χ1v) is 9.13. The molecule has 27 heavy (non-hydrogen) atoms. The van der Waals surface area contributed by atoms with E-state index in [0.29, 0.717) is 17.9 Å². The number of fused-ring (bicyclic) bond motifs is 1. The normalized spacial score (nSPS) is 18.6. The molecule has 0 aliphatic carbocycles. The fourth-order valence-electron chi connectivity index (χ4n) is 3.17. The van der Waals surface area contributed by atoms with Crippen molar-refractivity contribution in [2.75, 3.05) is 6.79 Å². The lowest BCUT2D eigenvalue weighted by Crippen LogP contribution is -2.36. The van der Waals surface area contributed by atoms with Crippen LogP contribution in [0.3, 0.4) is 0 Å². The summed E-state index contributed by atoms with van der Waals surface area (Å²) < 4.78 is 10.7. The summed E-state index contributed by atoms with van der Waals surface area (Å²) in [6.45, 7) is 2.14. The Morgan fingerprint density at radius 3 is 2.93 bits per heavy atom. The number of hydrogen-bond acceptors (Lipinski definition) is 5. The summed E-state index contributed by atoms with van der Waals surface area (Å²) in [4.78, 5) is 17.8. The second-order valence-corrected chi connectivity index (χ2v) is 6.98. The number of amides is 1. The summed E-state index contributed by atoms with van der Waals surface area (Å²) in [6, 6.07) is 13.0. The SMILES string of the molecule is C[C@@H](NC(=O)[C@@H]1CC(Cc2ccc3c(c2)OCO3)=NO1)c1ccccc1Cl. The van der Waals surface area contributed by atoms with Crippen molar-refractivity contribution in [3.05, 3.63) is 58.6 Å². The van der Waals surface area contributed by atoms with E-state index in [1.165, 1.54) is 0 Å². The van der Waals surface area contributed by atoms with E-state index in [-0.39, 0.29) is 18.7 Å². The molecule has 1 N–H and O–H groups in total. The molecule has 2 atom stereocenters. The van der Waals surface area contributed by atoms with Crippen LogP contribution in [0.2, 0.25) is 5.02 Å². The van der Waals surface area contributed by atoms with Crippen molar-refractivity contribution in [3.8, 4) is 11.5 Å². The lowest BCUT2D eigenvalue weighted by Gasteiger charge is -2.17. The minimum absolute atomic E-state index is 0.202. The standard InChI is InChI=1S/C20H19ClN2O4/c1-12(15-4-2-3-5-16(15)21)22-20(24)19-10-14(23-27-19)8-13-6-7-17-18(9-13)26-11-25-17/h2-7,9,12,19H,8,10-11H2,1H3,(H,22,24)/t12-,19+/m1/s1. The van der Waals surface area contributed by atoms with E-state index >= 15 is 0 Å². The Morgan fingerprint density at radius 1 is 1.26 bits per heavy atom. The van der Waals surface area contributed by atoms with E-state index in [2.05, 4.69) is 10.5 Å². The molecule has 2 aromatic rings. The van der Waals surface area contributed by atoms with E-state index in [9.17, 15) is 4.79 Å². The Labute approximate surface area is 162 Å². The number of carbonyl (C=O) groups excluding carboxylic acids is 1. The number of oxime groups is 1. The first-order valence-electron chi connectivity index (χ1n) is 8.75. The second kappa shape index (κ2) is 7.48. The zero-order chi connectivity index (χ0) is 18.8. The summed E-state index contributed by atoms with van der Waals surface area (Å²) in [5, 5.41) is 7.64. The van der Waals surface area contributed by atoms with E-state index in [1.54, 1.807) is 6.07 Å². The summed E-state index contributed by atoms with van der Waals surface area (Å²) in [5.74, 6) is 1.27. The van der Waals surface area contributed by atoms with Gasteiger partial charge in [0.25, 0.3) is 5.91 Å². The van der Waals surface area contributed by atoms with Gasteiger partial charge in [-0.25, -0.2) is 0 Å². The van der Waals surface area contributed by atoms with Gasteiger partial charge in [-0.15, -0.1) is 0 Å². The Hall–Kier alpha value is -2.73. The molecule has 140 valence electrons. The van der Waals surface area contributed by atoms with E-state index in [1.807, 2.05) is 43.3 Å². The van der Waals surface area contributed by atoms with Crippen molar-refractivity contribution in [3.63, 3.8) is 0 Å². The molecule has 7 heteroatoms. The van der Waals surface area contributed by atoms with Gasteiger partial charge < -0.3 is 19.6 Å². The van der Waals surface area contributed by atoms with E-state index in [4.69, 9.17) is 25.9 Å². The van der Waals surface area contributed by atoms with Gasteiger partial charge in [0.05, 0.1) is 11.8 Å². The molecule has 0 radical (unpaired) electrons. The highest BCUT2D eigenvalue weighted by atomic mass is 35.5. The van der Waals surface area contributed by atoms with Crippen LogP contribution in [0.1, 0.15) is 30.5 Å². The van der Waals surface area contributed by atoms with Crippen LogP contribution in [-0.2, 0) is 16.1 Å². The van der Waals surface area contributed by atoms with Crippen LogP contribution in [-0.4, -0.2) is 24.5 Å². The van der Waals surface area contributed by atoms with Crippen molar-refractivity contribution in [2.24, 2.45) is 5.16 Å². The van der Waals surface area contributed by atoms with Gasteiger partial charge >= 0.3 is 0 Å². The molecule has 0 aromatic heterocycles. The van der Waals surface area contributed by atoms with Gasteiger partial charge in [0.15, 0.2) is 11.5 Å². The average Bonchev–Trinajstić information content (AvgIpc) is 3.31. The van der Waals surface area contributed by atoms with Crippen molar-refractivity contribution >= 4 is 23.2 Å². The van der Waals surface area contributed by atoms with Crippen molar-refractivity contribution in [1.82, 2.24) is 5.32 Å². The number of hydrogen-bond donors (Lipinski definition) is 1. The molecule has 0 saturated carbocycles. The summed E-state index contributed by atoms with van der Waals surface area (Å²) in [5.41, 5.74) is 2.72. The summed E-state index contributed by atoms with van der Waals surface area (Å²) >= 11 is 6.19. The molecule has 2 heterocycles. The van der Waals surface area contributed by atoms with Crippen LogP contribution in [0.25, 0.3) is 0 Å². The number of nitrogens with one attached hydrogen (secondary N) is 1. The highest BCUT2D eigenvalue weighted by Gasteiger charge is 2.29. The third kappa shape index (κ3) is 3.85. The molecule has 1 amide bonds. The van der Waals surface area contributed by atoms with Crippen LogP contribution in [0.5, 0.6) is 11.5 Å². The smallest absolute Gasteiger partial charge is 0.264 e. The number of ether oxygens (including phenoxy) is 2. The van der Waals surface area contributed by atoms with Crippen LogP contribution in [0.15, 0.2) is 47.6 Å². The fraction of sp³-hybridized carbons (Fsp3) is 0.300. The molecule has 2 aromatic carbocycles. The number of benzene rings is 2. The summed E-state index contributed by atoms with van der Waals surface area (Å²) in [7, 11) is 0. The third-order valence-corrected chi connectivity index (χ3v) is 4.94. The van der Waals surface area contributed by atoms with Gasteiger partial charge in [0, 0.05) is 17.9 Å². The van der Waals surface area contributed by atoms with Gasteiger partial charge in [-0.1, -0.05) is 41.0 Å².